The molecule has 96 valence electrons. The van der Waals surface area contributed by atoms with E-state index in [-0.39, 0.29) is 11.8 Å². The fraction of sp³-hybridized carbons (Fsp3) is 0.500. The summed E-state index contributed by atoms with van der Waals surface area (Å²) in [6, 6.07) is 10.1. The Morgan fingerprint density at radius 2 is 1.78 bits per heavy atom. The monoisotopic (exact) mass is 245 g/mol. The third kappa shape index (κ3) is 2.13. The number of hydrazine groups is 1. The first-order valence-corrected chi connectivity index (χ1v) is 6.68. The van der Waals surface area contributed by atoms with E-state index in [9.17, 15) is 4.79 Å². The summed E-state index contributed by atoms with van der Waals surface area (Å²) in [6.45, 7) is 4.68. The van der Waals surface area contributed by atoms with E-state index in [0.717, 1.165) is 44.7 Å². The number of amides is 1. The molecular weight excluding hydrogens is 226 g/mol. The van der Waals surface area contributed by atoms with Gasteiger partial charge in [-0.15, -0.1) is 0 Å². The molecule has 2 fully saturated rings. The molecule has 4 heteroatoms. The van der Waals surface area contributed by atoms with E-state index < -0.39 is 0 Å². The molecule has 0 bridgehead atoms. The maximum Gasteiger partial charge on any atom is 0.244 e. The highest BCUT2D eigenvalue weighted by Gasteiger charge is 2.36. The summed E-state index contributed by atoms with van der Waals surface area (Å²) in [4.78, 5) is 12.5. The van der Waals surface area contributed by atoms with Crippen LogP contribution in [0.4, 0.5) is 0 Å². The van der Waals surface area contributed by atoms with Crippen molar-refractivity contribution >= 4 is 5.91 Å². The van der Waals surface area contributed by atoms with E-state index in [1.807, 2.05) is 23.2 Å². The molecule has 3 rings (SSSR count). The van der Waals surface area contributed by atoms with Gasteiger partial charge in [-0.3, -0.25) is 9.80 Å². The molecule has 0 saturated carbocycles. The number of piperazine rings is 1. The molecule has 2 saturated heterocycles. The lowest BCUT2D eigenvalue weighted by atomic mass is 9.98. The van der Waals surface area contributed by atoms with Crippen molar-refractivity contribution in [3.8, 4) is 0 Å². The third-order valence-electron chi connectivity index (χ3n) is 3.82. The van der Waals surface area contributed by atoms with Gasteiger partial charge in [-0.1, -0.05) is 30.3 Å². The Bertz CT molecular complexity index is 414. The Labute approximate surface area is 108 Å². The van der Waals surface area contributed by atoms with Gasteiger partial charge in [0.05, 0.1) is 5.92 Å². The van der Waals surface area contributed by atoms with Gasteiger partial charge < -0.3 is 5.32 Å². The molecule has 2 aliphatic heterocycles. The summed E-state index contributed by atoms with van der Waals surface area (Å²) in [5.74, 6) is 0.323. The third-order valence-corrected chi connectivity index (χ3v) is 3.82. The smallest absolute Gasteiger partial charge is 0.244 e. The van der Waals surface area contributed by atoms with Gasteiger partial charge in [0.1, 0.15) is 0 Å². The van der Waals surface area contributed by atoms with E-state index in [2.05, 4.69) is 22.5 Å². The SMILES string of the molecule is O=C1C(c2ccccc2)CCN1N1CCNCC1. The molecule has 1 aromatic carbocycles. The number of carbonyl (C=O) groups is 1. The van der Waals surface area contributed by atoms with Gasteiger partial charge in [0, 0.05) is 32.7 Å². The lowest BCUT2D eigenvalue weighted by Crippen LogP contribution is -2.53. The van der Waals surface area contributed by atoms with Gasteiger partial charge in [-0.05, 0) is 12.0 Å². The minimum absolute atomic E-state index is 0.0566. The van der Waals surface area contributed by atoms with Crippen LogP contribution in [0.15, 0.2) is 30.3 Å². The Morgan fingerprint density at radius 3 is 2.50 bits per heavy atom. The summed E-state index contributed by atoms with van der Waals surface area (Å²) < 4.78 is 0. The van der Waals surface area contributed by atoms with Crippen LogP contribution < -0.4 is 5.32 Å². The minimum Gasteiger partial charge on any atom is -0.314 e. The van der Waals surface area contributed by atoms with Crippen LogP contribution in [0.1, 0.15) is 17.9 Å². The van der Waals surface area contributed by atoms with Crippen molar-refractivity contribution in [2.75, 3.05) is 32.7 Å². The van der Waals surface area contributed by atoms with E-state index in [1.54, 1.807) is 0 Å². The van der Waals surface area contributed by atoms with E-state index in [0.29, 0.717) is 0 Å². The summed E-state index contributed by atoms with van der Waals surface area (Å²) in [5, 5.41) is 7.47. The average Bonchev–Trinajstić information content (AvgIpc) is 2.83. The van der Waals surface area contributed by atoms with Crippen molar-refractivity contribution in [1.82, 2.24) is 15.3 Å². The van der Waals surface area contributed by atoms with Crippen LogP contribution in [0.5, 0.6) is 0 Å². The number of nitrogens with one attached hydrogen (secondary N) is 1. The zero-order valence-electron chi connectivity index (χ0n) is 10.5. The first-order valence-electron chi connectivity index (χ1n) is 6.68. The maximum atomic E-state index is 12.5. The van der Waals surface area contributed by atoms with Crippen LogP contribution in [-0.2, 0) is 4.79 Å². The van der Waals surface area contributed by atoms with Gasteiger partial charge >= 0.3 is 0 Å². The second-order valence-electron chi connectivity index (χ2n) is 4.92. The molecule has 4 nitrogen and oxygen atoms in total. The van der Waals surface area contributed by atoms with Crippen LogP contribution in [0.3, 0.4) is 0 Å². The van der Waals surface area contributed by atoms with E-state index in [4.69, 9.17) is 0 Å². The summed E-state index contributed by atoms with van der Waals surface area (Å²) in [5.41, 5.74) is 1.15. The van der Waals surface area contributed by atoms with Crippen LogP contribution in [0, 0.1) is 0 Å². The standard InChI is InChI=1S/C14H19N3O/c18-14-13(12-4-2-1-3-5-12)6-9-17(14)16-10-7-15-8-11-16/h1-5,13,15H,6-11H2. The second kappa shape index (κ2) is 5.08. The van der Waals surface area contributed by atoms with Gasteiger partial charge in [-0.2, -0.15) is 0 Å². The Kier molecular flexibility index (Phi) is 3.30. The molecule has 1 N–H and O–H groups in total. The molecule has 1 atom stereocenters. The lowest BCUT2D eigenvalue weighted by molar-refractivity contribution is -0.145. The first kappa shape index (κ1) is 11.7. The van der Waals surface area contributed by atoms with Crippen molar-refractivity contribution in [2.45, 2.75) is 12.3 Å². The van der Waals surface area contributed by atoms with Gasteiger partial charge in [0.2, 0.25) is 5.91 Å². The maximum absolute atomic E-state index is 12.5. The Balaban J connectivity index is 1.72. The van der Waals surface area contributed by atoms with Crippen LogP contribution in [0.2, 0.25) is 0 Å². The molecule has 1 unspecified atom stereocenters. The minimum atomic E-state index is 0.0566. The largest absolute Gasteiger partial charge is 0.314 e. The number of hydrogen-bond donors (Lipinski definition) is 1. The summed E-state index contributed by atoms with van der Waals surface area (Å²) >= 11 is 0. The lowest BCUT2D eigenvalue weighted by Gasteiger charge is -2.35. The van der Waals surface area contributed by atoms with Gasteiger partial charge in [0.15, 0.2) is 0 Å². The molecular formula is C14H19N3O. The van der Waals surface area contributed by atoms with Crippen molar-refractivity contribution in [3.63, 3.8) is 0 Å². The van der Waals surface area contributed by atoms with Crippen molar-refractivity contribution < 1.29 is 4.79 Å². The van der Waals surface area contributed by atoms with Crippen molar-refractivity contribution in [2.24, 2.45) is 0 Å². The van der Waals surface area contributed by atoms with Gasteiger partial charge in [0.25, 0.3) is 0 Å². The topological polar surface area (TPSA) is 35.6 Å². The van der Waals surface area contributed by atoms with Crippen LogP contribution in [-0.4, -0.2) is 48.6 Å². The summed E-state index contributed by atoms with van der Waals surface area (Å²) in [6.07, 6.45) is 0.937. The Hall–Kier alpha value is -1.39. The van der Waals surface area contributed by atoms with Crippen LogP contribution >= 0.6 is 0 Å². The van der Waals surface area contributed by atoms with Crippen LogP contribution in [0.25, 0.3) is 0 Å². The van der Waals surface area contributed by atoms with Crippen molar-refractivity contribution in [3.05, 3.63) is 35.9 Å². The molecule has 0 aliphatic carbocycles. The van der Waals surface area contributed by atoms with E-state index in [1.165, 1.54) is 0 Å². The molecule has 0 spiro atoms. The molecule has 2 heterocycles. The van der Waals surface area contributed by atoms with Gasteiger partial charge in [-0.25, -0.2) is 5.01 Å². The first-order chi connectivity index (χ1) is 8.86. The number of carbonyl (C=O) groups excluding carboxylic acids is 1. The molecule has 1 aromatic rings. The number of benzene rings is 1. The zero-order valence-corrected chi connectivity index (χ0v) is 10.5. The predicted molar refractivity (Wildman–Crippen MR) is 70.0 cm³/mol. The molecule has 0 aromatic heterocycles. The molecule has 18 heavy (non-hydrogen) atoms. The molecule has 2 aliphatic rings. The Morgan fingerprint density at radius 1 is 1.06 bits per heavy atom. The van der Waals surface area contributed by atoms with E-state index >= 15 is 0 Å². The highest BCUT2D eigenvalue weighted by Crippen LogP contribution is 2.29. The second-order valence-corrected chi connectivity index (χ2v) is 4.92. The fourth-order valence-corrected chi connectivity index (χ4v) is 2.83. The number of nitrogens with zero attached hydrogens (tertiary/aromatic N) is 2. The normalized spacial score (nSPS) is 25.7. The zero-order chi connectivity index (χ0) is 12.4. The average molecular weight is 245 g/mol. The highest BCUT2D eigenvalue weighted by atomic mass is 16.2. The molecule has 0 radical (unpaired) electrons. The molecule has 1 amide bonds. The van der Waals surface area contributed by atoms with Crippen molar-refractivity contribution in [1.29, 1.82) is 0 Å². The fourth-order valence-electron chi connectivity index (χ4n) is 2.83. The quantitative estimate of drug-likeness (QED) is 0.838. The number of hydrogen-bond acceptors (Lipinski definition) is 3. The summed E-state index contributed by atoms with van der Waals surface area (Å²) in [7, 11) is 0. The number of rotatable bonds is 2. The predicted octanol–water partition coefficient (Wildman–Crippen LogP) is 0.823. The highest BCUT2D eigenvalue weighted by molar-refractivity contribution is 5.85.